The molecule has 0 spiro atoms. The molecule has 3 nitrogen and oxygen atoms in total. The molecule has 2 aromatic carbocycles. The minimum absolute atomic E-state index is 0.0313. The Morgan fingerprint density at radius 1 is 1.09 bits per heavy atom. The molecule has 1 atom stereocenters. The van der Waals surface area contributed by atoms with Crippen LogP contribution in [0.25, 0.3) is 0 Å². The number of hydrogen-bond acceptors (Lipinski definition) is 2. The second-order valence-corrected chi connectivity index (χ2v) is 5.62. The molecule has 1 amide bonds. The van der Waals surface area contributed by atoms with Crippen LogP contribution in [-0.4, -0.2) is 25.0 Å². The summed E-state index contributed by atoms with van der Waals surface area (Å²) in [5.41, 5.74) is 3.35. The molecule has 0 saturated carbocycles. The van der Waals surface area contributed by atoms with E-state index in [4.69, 9.17) is 4.74 Å². The monoisotopic (exact) mass is 297 g/mol. The third-order valence-electron chi connectivity index (χ3n) is 4.05. The van der Waals surface area contributed by atoms with Crippen LogP contribution in [0, 0.1) is 6.92 Å². The Hall–Kier alpha value is -2.29. The molecule has 3 heteroatoms. The number of benzene rings is 2. The van der Waals surface area contributed by atoms with E-state index in [1.165, 1.54) is 5.56 Å². The van der Waals surface area contributed by atoms with E-state index < -0.39 is 0 Å². The van der Waals surface area contributed by atoms with Crippen LogP contribution in [0.1, 0.15) is 29.7 Å². The molecule has 0 radical (unpaired) electrons. The summed E-state index contributed by atoms with van der Waals surface area (Å²) in [4.78, 5) is 14.2. The average molecular weight is 297 g/mol. The molecule has 116 valence electrons. The molecule has 2 aromatic rings. The van der Waals surface area contributed by atoms with Crippen molar-refractivity contribution in [3.05, 3.63) is 65.2 Å². The van der Waals surface area contributed by atoms with E-state index in [0.717, 1.165) is 16.9 Å². The molecule has 0 aliphatic heterocycles. The van der Waals surface area contributed by atoms with Gasteiger partial charge in [-0.2, -0.15) is 0 Å². The molecular weight excluding hydrogens is 274 g/mol. The normalized spacial score (nSPS) is 11.8. The van der Waals surface area contributed by atoms with E-state index >= 15 is 0 Å². The Labute approximate surface area is 132 Å². The number of aryl methyl sites for hydroxylation is 1. The van der Waals surface area contributed by atoms with E-state index in [-0.39, 0.29) is 11.9 Å². The molecule has 2 rings (SSSR count). The van der Waals surface area contributed by atoms with Gasteiger partial charge in [0, 0.05) is 7.05 Å². The average Bonchev–Trinajstić information content (AvgIpc) is 2.55. The number of methoxy groups -OCH3 is 1. The summed E-state index contributed by atoms with van der Waals surface area (Å²) in [6, 6.07) is 16.0. The van der Waals surface area contributed by atoms with Gasteiger partial charge in [0.05, 0.1) is 19.6 Å². The van der Waals surface area contributed by atoms with Gasteiger partial charge in [0.25, 0.3) is 0 Å². The Morgan fingerprint density at radius 2 is 1.68 bits per heavy atom. The van der Waals surface area contributed by atoms with Crippen molar-refractivity contribution in [1.29, 1.82) is 0 Å². The molecule has 0 bridgehead atoms. The predicted molar refractivity (Wildman–Crippen MR) is 89.1 cm³/mol. The van der Waals surface area contributed by atoms with Gasteiger partial charge in [0.2, 0.25) is 5.91 Å². The van der Waals surface area contributed by atoms with Crippen molar-refractivity contribution in [3.63, 3.8) is 0 Å². The molecular formula is C19H23NO2. The van der Waals surface area contributed by atoms with Crippen molar-refractivity contribution in [2.45, 2.75) is 26.3 Å². The second-order valence-electron chi connectivity index (χ2n) is 5.62. The fourth-order valence-corrected chi connectivity index (χ4v) is 2.33. The van der Waals surface area contributed by atoms with E-state index in [0.29, 0.717) is 6.42 Å². The summed E-state index contributed by atoms with van der Waals surface area (Å²) < 4.78 is 5.16. The largest absolute Gasteiger partial charge is 0.497 e. The van der Waals surface area contributed by atoms with E-state index in [1.807, 2.05) is 69.4 Å². The van der Waals surface area contributed by atoms with Gasteiger partial charge in [-0.05, 0) is 37.1 Å². The van der Waals surface area contributed by atoms with E-state index in [9.17, 15) is 4.79 Å². The van der Waals surface area contributed by atoms with Gasteiger partial charge >= 0.3 is 0 Å². The van der Waals surface area contributed by atoms with Crippen molar-refractivity contribution >= 4 is 5.91 Å². The number of carbonyl (C=O) groups is 1. The van der Waals surface area contributed by atoms with E-state index in [2.05, 4.69) is 0 Å². The third-order valence-corrected chi connectivity index (χ3v) is 4.05. The number of rotatable bonds is 5. The number of hydrogen-bond donors (Lipinski definition) is 0. The Morgan fingerprint density at radius 3 is 2.23 bits per heavy atom. The predicted octanol–water partition coefficient (Wildman–Crippen LogP) is 3.77. The van der Waals surface area contributed by atoms with Gasteiger partial charge in [-0.25, -0.2) is 0 Å². The molecule has 0 aliphatic rings. The zero-order valence-electron chi connectivity index (χ0n) is 13.7. The van der Waals surface area contributed by atoms with Crippen LogP contribution in [0.4, 0.5) is 0 Å². The Kier molecular flexibility index (Phi) is 5.21. The van der Waals surface area contributed by atoms with Crippen molar-refractivity contribution in [2.75, 3.05) is 14.2 Å². The first-order valence-electron chi connectivity index (χ1n) is 7.46. The maximum absolute atomic E-state index is 12.4. The van der Waals surface area contributed by atoms with Crippen molar-refractivity contribution in [2.24, 2.45) is 0 Å². The topological polar surface area (TPSA) is 29.5 Å². The summed E-state index contributed by atoms with van der Waals surface area (Å²) in [5, 5.41) is 0. The third kappa shape index (κ3) is 3.88. The van der Waals surface area contributed by atoms with Crippen molar-refractivity contribution in [1.82, 2.24) is 4.90 Å². The highest BCUT2D eigenvalue weighted by molar-refractivity contribution is 5.79. The lowest BCUT2D eigenvalue weighted by Crippen LogP contribution is -2.30. The SMILES string of the molecule is COc1ccc(C(C)N(C)C(=O)Cc2ccc(C)cc2)cc1. The van der Waals surface area contributed by atoms with E-state index in [1.54, 1.807) is 12.0 Å². The smallest absolute Gasteiger partial charge is 0.227 e. The van der Waals surface area contributed by atoms with Crippen LogP contribution in [0.2, 0.25) is 0 Å². The first-order chi connectivity index (χ1) is 10.5. The summed E-state index contributed by atoms with van der Waals surface area (Å²) >= 11 is 0. The van der Waals surface area contributed by atoms with Crippen LogP contribution in [0.15, 0.2) is 48.5 Å². The number of amides is 1. The lowest BCUT2D eigenvalue weighted by atomic mass is 10.1. The Balaban J connectivity index is 2.03. The number of ether oxygens (including phenoxy) is 1. The maximum atomic E-state index is 12.4. The molecule has 0 N–H and O–H groups in total. The summed E-state index contributed by atoms with van der Waals surface area (Å²) in [5.74, 6) is 0.941. The molecule has 0 heterocycles. The van der Waals surface area contributed by atoms with Gasteiger partial charge in [0.15, 0.2) is 0 Å². The first-order valence-corrected chi connectivity index (χ1v) is 7.46. The summed E-state index contributed by atoms with van der Waals surface area (Å²) in [7, 11) is 3.50. The van der Waals surface area contributed by atoms with Crippen LogP contribution >= 0.6 is 0 Å². The van der Waals surface area contributed by atoms with Crippen molar-refractivity contribution < 1.29 is 9.53 Å². The van der Waals surface area contributed by atoms with Gasteiger partial charge in [-0.1, -0.05) is 42.0 Å². The fourth-order valence-electron chi connectivity index (χ4n) is 2.33. The number of nitrogens with zero attached hydrogens (tertiary/aromatic N) is 1. The lowest BCUT2D eigenvalue weighted by Gasteiger charge is -2.25. The fraction of sp³-hybridized carbons (Fsp3) is 0.316. The highest BCUT2D eigenvalue weighted by atomic mass is 16.5. The van der Waals surface area contributed by atoms with Gasteiger partial charge in [0.1, 0.15) is 5.75 Å². The second kappa shape index (κ2) is 7.12. The summed E-state index contributed by atoms with van der Waals surface area (Å²) in [6.45, 7) is 4.08. The molecule has 0 fully saturated rings. The molecule has 0 aliphatic carbocycles. The molecule has 0 aromatic heterocycles. The van der Waals surface area contributed by atoms with Gasteiger partial charge in [-0.15, -0.1) is 0 Å². The molecule has 1 unspecified atom stereocenters. The maximum Gasteiger partial charge on any atom is 0.227 e. The zero-order chi connectivity index (χ0) is 16.1. The molecule has 22 heavy (non-hydrogen) atoms. The van der Waals surface area contributed by atoms with Crippen LogP contribution in [0.5, 0.6) is 5.75 Å². The zero-order valence-corrected chi connectivity index (χ0v) is 13.7. The minimum atomic E-state index is 0.0313. The summed E-state index contributed by atoms with van der Waals surface area (Å²) in [6.07, 6.45) is 0.428. The van der Waals surface area contributed by atoms with Crippen LogP contribution in [0.3, 0.4) is 0 Å². The highest BCUT2D eigenvalue weighted by Crippen LogP contribution is 2.22. The lowest BCUT2D eigenvalue weighted by molar-refractivity contribution is -0.131. The van der Waals surface area contributed by atoms with Crippen LogP contribution in [-0.2, 0) is 11.2 Å². The quantitative estimate of drug-likeness (QED) is 0.841. The first kappa shape index (κ1) is 16.1. The number of carbonyl (C=O) groups excluding carboxylic acids is 1. The minimum Gasteiger partial charge on any atom is -0.497 e. The van der Waals surface area contributed by atoms with Gasteiger partial charge < -0.3 is 9.64 Å². The number of likely N-dealkylation sites (N-methyl/N-ethyl adjacent to an activating group) is 1. The van der Waals surface area contributed by atoms with Crippen LogP contribution < -0.4 is 4.74 Å². The molecule has 0 saturated heterocycles. The van der Waals surface area contributed by atoms with Crippen molar-refractivity contribution in [3.8, 4) is 5.75 Å². The Bertz CT molecular complexity index is 617. The highest BCUT2D eigenvalue weighted by Gasteiger charge is 2.17. The standard InChI is InChI=1S/C19H23NO2/c1-14-5-7-16(8-6-14)13-19(21)20(3)15(2)17-9-11-18(22-4)12-10-17/h5-12,15H,13H2,1-4H3. The van der Waals surface area contributed by atoms with Gasteiger partial charge in [-0.3, -0.25) is 4.79 Å².